The molecule has 0 radical (unpaired) electrons. The first-order valence-electron chi connectivity index (χ1n) is 24.7. The maximum Gasteiger partial charge on any atom is 0.409 e. The molecule has 2 aromatic heterocycles. The molecular formula is C52H73ClN8O12. The second kappa shape index (κ2) is 25.2. The van der Waals surface area contributed by atoms with Gasteiger partial charge in [0, 0.05) is 77.4 Å². The molecule has 5 heterocycles. The number of aliphatic hydroxyl groups is 1. The highest BCUT2D eigenvalue weighted by molar-refractivity contribution is 6.34. The molecule has 3 aromatic rings. The van der Waals surface area contributed by atoms with E-state index in [2.05, 4.69) is 31.7 Å². The minimum Gasteiger partial charge on any atom is -0.457 e. The van der Waals surface area contributed by atoms with Gasteiger partial charge in [-0.15, -0.1) is 0 Å². The molecule has 3 aliphatic heterocycles. The number of ether oxygens (including phenoxy) is 6. The SMILES string of the molecule is CNN(C)Cc1cc2cccnc2n1CCC(=O)NCCOCCOCCC(=O)N(C)[C@@H](C)C(=O)O[C@H]1CC(=O)N(C)c2cc(cc(C)c2Cl)C/C(C)=C/C=C/[C@@H](OC)[C@]2(O)C[C@H](OC(=O)N2)[C@@H](C)C2O[C@]21C. The molecule has 2 fully saturated rings. The second-order valence-electron chi connectivity index (χ2n) is 19.4. The number of alkyl carbamates (subject to hydrolysis) is 1. The number of carbonyl (C=O) groups is 5. The number of pyridine rings is 1. The molecule has 8 atom stereocenters. The number of likely N-dealkylation sites (N-methyl/N-ethyl adjacent to an activating group) is 1. The van der Waals surface area contributed by atoms with Crippen molar-refractivity contribution in [3.63, 3.8) is 0 Å². The molecule has 4 bridgehead atoms. The zero-order valence-electron chi connectivity index (χ0n) is 43.7. The van der Waals surface area contributed by atoms with E-state index in [1.165, 1.54) is 30.9 Å². The number of hydrazine groups is 1. The van der Waals surface area contributed by atoms with Crippen molar-refractivity contribution in [3.05, 3.63) is 82.2 Å². The van der Waals surface area contributed by atoms with Gasteiger partial charge in [0.2, 0.25) is 17.7 Å². The molecule has 4 amide bonds. The van der Waals surface area contributed by atoms with Gasteiger partial charge in [0.05, 0.1) is 62.6 Å². The third-order valence-corrected chi connectivity index (χ3v) is 14.5. The Labute approximate surface area is 432 Å². The fourth-order valence-corrected chi connectivity index (χ4v) is 9.56. The number of carbonyl (C=O) groups excluding carboxylic acids is 5. The van der Waals surface area contributed by atoms with Crippen LogP contribution in [0.2, 0.25) is 5.02 Å². The number of rotatable bonds is 19. The molecule has 73 heavy (non-hydrogen) atoms. The van der Waals surface area contributed by atoms with Crippen LogP contribution in [0, 0.1) is 12.8 Å². The maximum atomic E-state index is 14.3. The number of halogens is 1. The molecular weight excluding hydrogens is 964 g/mol. The minimum absolute atomic E-state index is 0.0357. The number of benzene rings is 1. The van der Waals surface area contributed by atoms with Crippen LogP contribution in [0.15, 0.2) is 60.3 Å². The van der Waals surface area contributed by atoms with Crippen LogP contribution in [0.4, 0.5) is 10.5 Å². The van der Waals surface area contributed by atoms with E-state index in [9.17, 15) is 29.1 Å². The van der Waals surface area contributed by atoms with E-state index in [-0.39, 0.29) is 63.9 Å². The Kier molecular flexibility index (Phi) is 19.6. The first-order valence-corrected chi connectivity index (χ1v) is 25.1. The first kappa shape index (κ1) is 56.8. The smallest absolute Gasteiger partial charge is 0.409 e. The van der Waals surface area contributed by atoms with Crippen molar-refractivity contribution in [3.8, 4) is 0 Å². The van der Waals surface area contributed by atoms with Gasteiger partial charge in [0.15, 0.2) is 5.72 Å². The van der Waals surface area contributed by atoms with Crippen LogP contribution in [0.3, 0.4) is 0 Å². The first-order chi connectivity index (χ1) is 34.7. The molecule has 0 spiro atoms. The molecule has 1 unspecified atom stereocenters. The fourth-order valence-electron chi connectivity index (χ4n) is 9.32. The lowest BCUT2D eigenvalue weighted by Gasteiger charge is -2.42. The predicted molar refractivity (Wildman–Crippen MR) is 273 cm³/mol. The van der Waals surface area contributed by atoms with E-state index < -0.39 is 65.7 Å². The summed E-state index contributed by atoms with van der Waals surface area (Å²) in [5, 5.41) is 20.6. The van der Waals surface area contributed by atoms with E-state index in [1.807, 2.05) is 63.3 Å². The normalized spacial score (nSPS) is 26.0. The number of nitrogens with one attached hydrogen (secondary N) is 3. The molecule has 400 valence electrons. The number of fused-ring (bicyclic) bond motifs is 6. The van der Waals surface area contributed by atoms with Crippen LogP contribution >= 0.6 is 11.6 Å². The summed E-state index contributed by atoms with van der Waals surface area (Å²) in [5.74, 6) is -2.24. The third kappa shape index (κ3) is 14.2. The van der Waals surface area contributed by atoms with Crippen LogP contribution in [0.25, 0.3) is 11.0 Å². The quantitative estimate of drug-likeness (QED) is 0.0566. The standard InChI is InChI=1S/C52H73ClN8O12/c1-32-13-11-15-41(68-10)52(67)30-40(71-50(66)57-52)34(3)47-51(5,73-47)42(29-45(64)60(9)39-27-36(25-32)26-33(2)46(39)53)72-49(65)35(4)59(8)44(63)17-21-69-23-24-70-22-19-55-43(62)16-20-61-38(31-58(7)54-6)28-37-14-12-18-56-48(37)61/h11-15,18,26-28,34-35,40-42,47,54,67H,16-17,19-25,29-31H2,1-10H3,(H,55,62)(H,57,66)/b15-11+,32-13+/t34-,35+,40+,41-,42+,47?,51+,52-/m1/s1. The lowest BCUT2D eigenvalue weighted by atomic mass is 9.83. The van der Waals surface area contributed by atoms with Gasteiger partial charge in [-0.2, -0.15) is 0 Å². The number of allylic oxidation sites excluding steroid dienone is 3. The van der Waals surface area contributed by atoms with Gasteiger partial charge < -0.3 is 53.2 Å². The lowest BCUT2D eigenvalue weighted by Crippen LogP contribution is -2.63. The van der Waals surface area contributed by atoms with Crippen molar-refractivity contribution in [2.24, 2.45) is 5.92 Å². The van der Waals surface area contributed by atoms with Crippen LogP contribution < -0.4 is 21.0 Å². The van der Waals surface area contributed by atoms with Crippen LogP contribution in [-0.2, 0) is 67.1 Å². The Bertz CT molecular complexity index is 2520. The summed E-state index contributed by atoms with van der Waals surface area (Å²) in [6.45, 7) is 11.0. The summed E-state index contributed by atoms with van der Waals surface area (Å²) in [7, 11) is 8.32. The predicted octanol–water partition coefficient (Wildman–Crippen LogP) is 4.36. The van der Waals surface area contributed by atoms with Gasteiger partial charge in [0.1, 0.15) is 35.6 Å². The van der Waals surface area contributed by atoms with Crippen molar-refractivity contribution in [1.82, 2.24) is 35.5 Å². The number of methoxy groups -OCH3 is 1. The van der Waals surface area contributed by atoms with Gasteiger partial charge in [-0.1, -0.05) is 48.4 Å². The van der Waals surface area contributed by atoms with Crippen molar-refractivity contribution in [2.75, 3.05) is 73.2 Å². The Morgan fingerprint density at radius 1 is 1.10 bits per heavy atom. The molecule has 0 aliphatic carbocycles. The topological polar surface area (TPSA) is 228 Å². The molecule has 4 N–H and O–H groups in total. The molecule has 2 saturated heterocycles. The average molecular weight is 1040 g/mol. The van der Waals surface area contributed by atoms with Crippen molar-refractivity contribution in [2.45, 2.75) is 122 Å². The van der Waals surface area contributed by atoms with Crippen molar-refractivity contribution >= 4 is 58.1 Å². The molecule has 21 heteroatoms. The highest BCUT2D eigenvalue weighted by Crippen LogP contribution is 2.49. The number of aromatic nitrogens is 2. The Balaban J connectivity index is 1.01. The third-order valence-electron chi connectivity index (χ3n) is 14.0. The summed E-state index contributed by atoms with van der Waals surface area (Å²) >= 11 is 6.83. The molecule has 1 aromatic carbocycles. The van der Waals surface area contributed by atoms with Crippen LogP contribution in [-0.4, -0.2) is 164 Å². The number of aryl methyl sites for hydroxylation is 2. The summed E-state index contributed by atoms with van der Waals surface area (Å²) < 4.78 is 37.2. The lowest BCUT2D eigenvalue weighted by molar-refractivity contribution is -0.162. The zero-order valence-corrected chi connectivity index (χ0v) is 44.5. The number of hydrogen-bond donors (Lipinski definition) is 4. The number of amides is 4. The fraction of sp³-hybridized carbons (Fsp3) is 0.577. The van der Waals surface area contributed by atoms with Crippen LogP contribution in [0.5, 0.6) is 0 Å². The van der Waals surface area contributed by atoms with E-state index in [1.54, 1.807) is 39.2 Å². The van der Waals surface area contributed by atoms with Gasteiger partial charge in [-0.3, -0.25) is 25.1 Å². The van der Waals surface area contributed by atoms with Crippen molar-refractivity contribution < 1.29 is 57.5 Å². The molecule has 3 aliphatic rings. The van der Waals surface area contributed by atoms with Gasteiger partial charge in [-0.05, 0) is 76.6 Å². The number of epoxide rings is 1. The van der Waals surface area contributed by atoms with Gasteiger partial charge in [-0.25, -0.2) is 19.6 Å². The maximum absolute atomic E-state index is 14.3. The largest absolute Gasteiger partial charge is 0.457 e. The van der Waals surface area contributed by atoms with E-state index >= 15 is 0 Å². The van der Waals surface area contributed by atoms with Gasteiger partial charge >= 0.3 is 12.1 Å². The average Bonchev–Trinajstić information content (AvgIpc) is 3.93. The minimum atomic E-state index is -1.84. The second-order valence-corrected chi connectivity index (χ2v) is 19.8. The Morgan fingerprint density at radius 3 is 2.56 bits per heavy atom. The highest BCUT2D eigenvalue weighted by atomic mass is 35.5. The summed E-state index contributed by atoms with van der Waals surface area (Å²) in [5.41, 5.74) is 4.95. The van der Waals surface area contributed by atoms with Gasteiger partial charge in [0.25, 0.3) is 0 Å². The number of esters is 1. The highest BCUT2D eigenvalue weighted by Gasteiger charge is 2.64. The molecule has 0 saturated carbocycles. The monoisotopic (exact) mass is 1040 g/mol. The van der Waals surface area contributed by atoms with E-state index in [0.717, 1.165) is 33.4 Å². The number of nitrogens with zero attached hydrogens (tertiary/aromatic N) is 5. The van der Waals surface area contributed by atoms with Crippen molar-refractivity contribution in [1.29, 1.82) is 0 Å². The van der Waals surface area contributed by atoms with Crippen LogP contribution in [0.1, 0.15) is 70.2 Å². The van der Waals surface area contributed by atoms with E-state index in [0.29, 0.717) is 36.8 Å². The summed E-state index contributed by atoms with van der Waals surface area (Å²) in [4.78, 5) is 74.5. The Morgan fingerprint density at radius 2 is 1.84 bits per heavy atom. The Hall–Kier alpha value is -5.45. The van der Waals surface area contributed by atoms with E-state index in [4.69, 9.17) is 40.0 Å². The number of hydrogen-bond acceptors (Lipinski definition) is 15. The summed E-state index contributed by atoms with van der Waals surface area (Å²) in [6, 6.07) is 8.70. The molecule has 6 rings (SSSR count). The zero-order chi connectivity index (χ0) is 53.2. The molecule has 20 nitrogen and oxygen atoms in total. The summed E-state index contributed by atoms with van der Waals surface area (Å²) in [6.07, 6.45) is 2.87. The number of anilines is 1.